The molecular formula is C15H12Cl2N2O3S. The molecule has 5 nitrogen and oxygen atoms in total. The van der Waals surface area contributed by atoms with Crippen LogP contribution < -0.4 is 9.62 Å². The number of carbonyl (C=O) groups is 1. The number of sulfonamides is 1. The van der Waals surface area contributed by atoms with E-state index in [1.807, 2.05) is 0 Å². The lowest BCUT2D eigenvalue weighted by Crippen LogP contribution is -2.42. The zero-order valence-electron chi connectivity index (χ0n) is 11.8. The van der Waals surface area contributed by atoms with Gasteiger partial charge in [-0.1, -0.05) is 41.4 Å². The van der Waals surface area contributed by atoms with Crippen molar-refractivity contribution in [3.63, 3.8) is 0 Å². The van der Waals surface area contributed by atoms with Crippen LogP contribution >= 0.6 is 23.2 Å². The third kappa shape index (κ3) is 3.29. The number of anilines is 2. The Hall–Kier alpha value is -1.76. The van der Waals surface area contributed by atoms with Crippen LogP contribution in [0, 0.1) is 0 Å². The largest absolute Gasteiger partial charge is 0.323 e. The number of nitrogens with one attached hydrogen (secondary N) is 1. The number of rotatable bonds is 3. The molecule has 1 aliphatic rings. The van der Waals surface area contributed by atoms with Gasteiger partial charge in [-0.05, 0) is 29.8 Å². The molecule has 2 aromatic rings. The van der Waals surface area contributed by atoms with Gasteiger partial charge in [-0.25, -0.2) is 8.42 Å². The van der Waals surface area contributed by atoms with E-state index in [-0.39, 0.29) is 23.2 Å². The zero-order valence-corrected chi connectivity index (χ0v) is 14.1. The van der Waals surface area contributed by atoms with E-state index in [1.165, 1.54) is 6.07 Å². The summed E-state index contributed by atoms with van der Waals surface area (Å²) in [5.41, 5.74) is 1.34. The molecule has 0 saturated heterocycles. The molecule has 0 saturated carbocycles. The Bertz CT molecular complexity index is 884. The molecule has 0 radical (unpaired) electrons. The monoisotopic (exact) mass is 370 g/mol. The first-order valence-electron chi connectivity index (χ1n) is 6.70. The summed E-state index contributed by atoms with van der Waals surface area (Å²) in [7, 11) is -3.77. The predicted octanol–water partition coefficient (Wildman–Crippen LogP) is 3.28. The molecule has 1 amide bonds. The summed E-state index contributed by atoms with van der Waals surface area (Å²) < 4.78 is 26.6. The summed E-state index contributed by atoms with van der Waals surface area (Å²) in [5.74, 6) is -0.695. The van der Waals surface area contributed by atoms with Crippen molar-refractivity contribution in [2.24, 2.45) is 0 Å². The van der Waals surface area contributed by atoms with Crippen LogP contribution in [0.3, 0.4) is 0 Å². The third-order valence-corrected chi connectivity index (χ3v) is 5.68. The summed E-state index contributed by atoms with van der Waals surface area (Å²) in [6, 6.07) is 11.4. The van der Waals surface area contributed by atoms with E-state index in [4.69, 9.17) is 23.2 Å². The first kappa shape index (κ1) is 16.1. The molecule has 120 valence electrons. The molecule has 0 bridgehead atoms. The second-order valence-electron chi connectivity index (χ2n) is 5.06. The molecule has 23 heavy (non-hydrogen) atoms. The number of para-hydroxylation sites is 2. The second-order valence-corrected chi connectivity index (χ2v) is 7.80. The quantitative estimate of drug-likeness (QED) is 0.901. The van der Waals surface area contributed by atoms with Gasteiger partial charge in [0.05, 0.1) is 17.1 Å². The van der Waals surface area contributed by atoms with Crippen molar-refractivity contribution in [3.05, 3.63) is 58.1 Å². The molecule has 2 aromatic carbocycles. The number of hydrogen-bond donors (Lipinski definition) is 1. The Kier molecular flexibility index (Phi) is 4.23. The number of hydrogen-bond acceptors (Lipinski definition) is 3. The van der Waals surface area contributed by atoms with Crippen LogP contribution in [0.4, 0.5) is 11.4 Å². The van der Waals surface area contributed by atoms with Crippen molar-refractivity contribution < 1.29 is 13.2 Å². The Morgan fingerprint density at radius 2 is 1.87 bits per heavy atom. The van der Waals surface area contributed by atoms with Gasteiger partial charge >= 0.3 is 0 Å². The zero-order chi connectivity index (χ0) is 16.6. The summed E-state index contributed by atoms with van der Waals surface area (Å²) in [5, 5.41) is 3.36. The van der Waals surface area contributed by atoms with Crippen molar-refractivity contribution in [1.29, 1.82) is 0 Å². The lowest BCUT2D eigenvalue weighted by Gasteiger charge is -2.30. The van der Waals surface area contributed by atoms with Crippen LogP contribution in [0.25, 0.3) is 0 Å². The van der Waals surface area contributed by atoms with E-state index >= 15 is 0 Å². The lowest BCUT2D eigenvalue weighted by molar-refractivity contribution is -0.115. The molecule has 0 atom stereocenters. The molecule has 1 aliphatic heterocycles. The minimum atomic E-state index is -3.77. The average molecular weight is 371 g/mol. The first-order chi connectivity index (χ1) is 10.9. The molecule has 1 N–H and O–H groups in total. The van der Waals surface area contributed by atoms with Crippen molar-refractivity contribution in [2.75, 3.05) is 16.2 Å². The summed E-state index contributed by atoms with van der Waals surface area (Å²) in [4.78, 5) is 11.8. The van der Waals surface area contributed by atoms with Crippen LogP contribution in [-0.4, -0.2) is 20.9 Å². The van der Waals surface area contributed by atoms with Gasteiger partial charge in [-0.3, -0.25) is 9.10 Å². The van der Waals surface area contributed by atoms with E-state index in [0.29, 0.717) is 22.0 Å². The number of benzene rings is 2. The fraction of sp³-hybridized carbons (Fsp3) is 0.133. The fourth-order valence-corrected chi connectivity index (χ4v) is 4.49. The maximum absolute atomic E-state index is 12.8. The molecule has 8 heteroatoms. The van der Waals surface area contributed by atoms with E-state index in [0.717, 1.165) is 4.31 Å². The van der Waals surface area contributed by atoms with Gasteiger partial charge in [-0.15, -0.1) is 0 Å². The molecule has 0 aromatic heterocycles. The van der Waals surface area contributed by atoms with E-state index in [9.17, 15) is 13.2 Å². The molecule has 0 aliphatic carbocycles. The van der Waals surface area contributed by atoms with Gasteiger partial charge in [-0.2, -0.15) is 0 Å². The molecular weight excluding hydrogens is 359 g/mol. The highest BCUT2D eigenvalue weighted by atomic mass is 35.5. The van der Waals surface area contributed by atoms with Gasteiger partial charge in [0.15, 0.2) is 0 Å². The standard InChI is InChI=1S/C15H12Cl2N2O3S/c16-11-6-5-10(12(17)7-11)9-23(21,22)19-8-15(20)18-13-3-1-2-4-14(13)19/h1-7H,8-9H2,(H,18,20). The molecule has 3 rings (SSSR count). The van der Waals surface area contributed by atoms with Crippen LogP contribution in [0.15, 0.2) is 42.5 Å². The second kappa shape index (κ2) is 6.03. The van der Waals surface area contributed by atoms with Gasteiger partial charge < -0.3 is 5.32 Å². The first-order valence-corrected chi connectivity index (χ1v) is 9.06. The van der Waals surface area contributed by atoms with E-state index in [2.05, 4.69) is 5.32 Å². The SMILES string of the molecule is O=C1CN(S(=O)(=O)Cc2ccc(Cl)cc2Cl)c2ccccc2N1. The van der Waals surface area contributed by atoms with Crippen LogP contribution in [0.2, 0.25) is 10.0 Å². The number of amides is 1. The lowest BCUT2D eigenvalue weighted by atomic mass is 10.2. The highest BCUT2D eigenvalue weighted by Crippen LogP contribution is 2.33. The number of carbonyl (C=O) groups excluding carboxylic acids is 1. The predicted molar refractivity (Wildman–Crippen MR) is 91.5 cm³/mol. The van der Waals surface area contributed by atoms with Crippen molar-refractivity contribution in [1.82, 2.24) is 0 Å². The van der Waals surface area contributed by atoms with Gasteiger partial charge in [0.2, 0.25) is 15.9 Å². The topological polar surface area (TPSA) is 66.5 Å². The number of fused-ring (bicyclic) bond motifs is 1. The highest BCUT2D eigenvalue weighted by Gasteiger charge is 2.31. The summed E-state index contributed by atoms with van der Waals surface area (Å²) in [6.45, 7) is -0.259. The Morgan fingerprint density at radius 1 is 1.13 bits per heavy atom. The highest BCUT2D eigenvalue weighted by molar-refractivity contribution is 7.92. The van der Waals surface area contributed by atoms with Gasteiger partial charge in [0, 0.05) is 10.0 Å². The maximum Gasteiger partial charge on any atom is 0.245 e. The molecule has 0 spiro atoms. The Morgan fingerprint density at radius 3 is 2.61 bits per heavy atom. The van der Waals surface area contributed by atoms with Gasteiger partial charge in [0.1, 0.15) is 6.54 Å². The Labute approximate surface area is 143 Å². The van der Waals surface area contributed by atoms with Crippen LogP contribution in [0.1, 0.15) is 5.56 Å². The third-order valence-electron chi connectivity index (χ3n) is 3.42. The number of halogens is 2. The van der Waals surface area contributed by atoms with E-state index < -0.39 is 10.0 Å². The molecule has 0 fully saturated rings. The summed E-state index contributed by atoms with van der Waals surface area (Å²) in [6.07, 6.45) is 0. The van der Waals surface area contributed by atoms with Gasteiger partial charge in [0.25, 0.3) is 0 Å². The smallest absolute Gasteiger partial charge is 0.245 e. The van der Waals surface area contributed by atoms with Crippen LogP contribution in [0.5, 0.6) is 0 Å². The van der Waals surface area contributed by atoms with Crippen molar-refractivity contribution >= 4 is 50.5 Å². The van der Waals surface area contributed by atoms with Crippen molar-refractivity contribution in [3.8, 4) is 0 Å². The summed E-state index contributed by atoms with van der Waals surface area (Å²) >= 11 is 11.9. The number of nitrogens with zero attached hydrogens (tertiary/aromatic N) is 1. The minimum absolute atomic E-state index is 0.259. The molecule has 1 heterocycles. The average Bonchev–Trinajstić information content (AvgIpc) is 2.49. The fourth-order valence-electron chi connectivity index (χ4n) is 2.36. The van der Waals surface area contributed by atoms with Crippen LogP contribution in [-0.2, 0) is 20.6 Å². The normalized spacial score (nSPS) is 14.3. The van der Waals surface area contributed by atoms with Crippen molar-refractivity contribution in [2.45, 2.75) is 5.75 Å². The maximum atomic E-state index is 12.8. The molecule has 0 unspecified atom stereocenters. The van der Waals surface area contributed by atoms with E-state index in [1.54, 1.807) is 36.4 Å². The Balaban J connectivity index is 1.98. The minimum Gasteiger partial charge on any atom is -0.323 e.